The minimum Gasteiger partial charge on any atom is -0.488 e. The van der Waals surface area contributed by atoms with Crippen molar-refractivity contribution in [2.24, 2.45) is 5.92 Å². The summed E-state index contributed by atoms with van der Waals surface area (Å²) in [5, 5.41) is 11.8. The van der Waals surface area contributed by atoms with Crippen molar-refractivity contribution in [1.82, 2.24) is 14.8 Å². The maximum Gasteiger partial charge on any atom is 0.127 e. The highest BCUT2D eigenvalue weighted by atomic mass is 16.5. The Morgan fingerprint density at radius 1 is 1.14 bits per heavy atom. The van der Waals surface area contributed by atoms with E-state index in [-0.39, 0.29) is 6.10 Å². The number of pyridine rings is 1. The van der Waals surface area contributed by atoms with Gasteiger partial charge in [0.05, 0.1) is 5.52 Å². The van der Waals surface area contributed by atoms with Crippen LogP contribution < -0.4 is 4.74 Å². The number of aliphatic hydroxyl groups excluding tert-OH is 1. The maximum absolute atomic E-state index is 10.7. The average molecular weight is 384 g/mol. The molecular formula is C23H33N3O2. The van der Waals surface area contributed by atoms with Crippen LogP contribution >= 0.6 is 0 Å². The molecule has 5 heteroatoms. The Morgan fingerprint density at radius 3 is 2.71 bits per heavy atom. The van der Waals surface area contributed by atoms with Gasteiger partial charge in [-0.3, -0.25) is 9.88 Å². The fourth-order valence-electron chi connectivity index (χ4n) is 4.68. The second-order valence-electron chi connectivity index (χ2n) is 8.79. The number of likely N-dealkylation sites (tertiary alicyclic amines) is 2. The molecule has 5 nitrogen and oxygen atoms in total. The molecule has 0 saturated carbocycles. The quantitative estimate of drug-likeness (QED) is 0.859. The molecule has 0 unspecified atom stereocenters. The van der Waals surface area contributed by atoms with E-state index in [2.05, 4.69) is 28.6 Å². The van der Waals surface area contributed by atoms with E-state index in [0.29, 0.717) is 12.6 Å². The molecule has 3 heterocycles. The molecule has 2 saturated heterocycles. The van der Waals surface area contributed by atoms with Crippen molar-refractivity contribution in [2.75, 3.05) is 32.7 Å². The first kappa shape index (κ1) is 19.6. The summed E-state index contributed by atoms with van der Waals surface area (Å²) in [6, 6.07) is 10.6. The predicted octanol–water partition coefficient (Wildman–Crippen LogP) is 3.17. The number of hydrogen-bond donors (Lipinski definition) is 1. The summed E-state index contributed by atoms with van der Waals surface area (Å²) in [5.74, 6) is 1.53. The van der Waals surface area contributed by atoms with Gasteiger partial charge in [0.2, 0.25) is 0 Å². The van der Waals surface area contributed by atoms with Crippen molar-refractivity contribution in [2.45, 2.75) is 51.4 Å². The molecule has 2 aliphatic heterocycles. The lowest BCUT2D eigenvalue weighted by atomic mass is 9.97. The van der Waals surface area contributed by atoms with Gasteiger partial charge in [-0.05, 0) is 56.5 Å². The number of hydrogen-bond acceptors (Lipinski definition) is 5. The number of aromatic nitrogens is 1. The summed E-state index contributed by atoms with van der Waals surface area (Å²) in [7, 11) is 0. The first-order valence-corrected chi connectivity index (χ1v) is 10.7. The Morgan fingerprint density at radius 2 is 1.96 bits per heavy atom. The third-order valence-corrected chi connectivity index (χ3v) is 6.11. The van der Waals surface area contributed by atoms with Gasteiger partial charge < -0.3 is 14.7 Å². The molecule has 2 fully saturated rings. The van der Waals surface area contributed by atoms with Gasteiger partial charge in [-0.2, -0.15) is 0 Å². The van der Waals surface area contributed by atoms with E-state index in [9.17, 15) is 5.11 Å². The Balaban J connectivity index is 1.30. The zero-order chi connectivity index (χ0) is 19.5. The summed E-state index contributed by atoms with van der Waals surface area (Å²) in [4.78, 5) is 9.47. The molecule has 4 rings (SSSR count). The lowest BCUT2D eigenvalue weighted by Gasteiger charge is -2.43. The zero-order valence-corrected chi connectivity index (χ0v) is 17.1. The van der Waals surface area contributed by atoms with Crippen LogP contribution in [0.1, 0.15) is 33.1 Å². The minimum absolute atomic E-state index is 0.140. The molecule has 2 atom stereocenters. The Bertz CT molecular complexity index is 773. The molecule has 2 aliphatic rings. The smallest absolute Gasteiger partial charge is 0.127 e. The normalized spacial score (nSPS) is 25.4. The Hall–Kier alpha value is -1.69. The first-order chi connectivity index (χ1) is 13.6. The van der Waals surface area contributed by atoms with Gasteiger partial charge in [-0.15, -0.1) is 0 Å². The monoisotopic (exact) mass is 383 g/mol. The molecule has 0 aliphatic carbocycles. The largest absolute Gasteiger partial charge is 0.488 e. The number of fused-ring (bicyclic) bond motifs is 1. The second kappa shape index (κ2) is 8.76. The molecule has 0 spiro atoms. The Labute approximate surface area is 168 Å². The first-order valence-electron chi connectivity index (χ1n) is 10.7. The van der Waals surface area contributed by atoms with Crippen LogP contribution in [-0.4, -0.2) is 70.9 Å². The zero-order valence-electron chi connectivity index (χ0n) is 17.1. The lowest BCUT2D eigenvalue weighted by molar-refractivity contribution is -0.0450. The minimum atomic E-state index is -0.443. The standard InChI is InChI=1S/C23H33N3O2/c1-17(2)15-25-11-7-19(8-12-25)26-13-9-23(22(27)16-26)28-20-6-5-18-4-3-10-24-21(18)14-20/h3-6,10,14,17,19,22-23,27H,7-9,11-13,15-16H2,1-2H3/t22-,23-/m1/s1. The van der Waals surface area contributed by atoms with Crippen molar-refractivity contribution in [3.05, 3.63) is 36.5 Å². The molecule has 152 valence electrons. The van der Waals surface area contributed by atoms with E-state index in [1.165, 1.54) is 32.5 Å². The number of piperidine rings is 2. The van der Waals surface area contributed by atoms with Crippen LogP contribution in [0.25, 0.3) is 10.9 Å². The molecular weight excluding hydrogens is 350 g/mol. The van der Waals surface area contributed by atoms with Crippen LogP contribution in [0.4, 0.5) is 0 Å². The summed E-state index contributed by atoms with van der Waals surface area (Å²) >= 11 is 0. The van der Waals surface area contributed by atoms with Crippen LogP contribution in [0, 0.1) is 5.92 Å². The number of aliphatic hydroxyl groups is 1. The summed E-state index contributed by atoms with van der Waals surface area (Å²) in [6.45, 7) is 9.86. The van der Waals surface area contributed by atoms with Gasteiger partial charge >= 0.3 is 0 Å². The fraction of sp³-hybridized carbons (Fsp3) is 0.609. The molecule has 2 aromatic rings. The topological polar surface area (TPSA) is 48.8 Å². The molecule has 0 amide bonds. The second-order valence-corrected chi connectivity index (χ2v) is 8.79. The summed E-state index contributed by atoms with van der Waals surface area (Å²) in [5.41, 5.74) is 0.931. The van der Waals surface area contributed by atoms with Crippen molar-refractivity contribution in [3.63, 3.8) is 0 Å². The van der Waals surface area contributed by atoms with Crippen molar-refractivity contribution in [1.29, 1.82) is 0 Å². The highest BCUT2D eigenvalue weighted by molar-refractivity contribution is 5.79. The van der Waals surface area contributed by atoms with Crippen LogP contribution in [0.3, 0.4) is 0 Å². The van der Waals surface area contributed by atoms with Crippen molar-refractivity contribution in [3.8, 4) is 5.75 Å². The molecule has 0 bridgehead atoms. The number of ether oxygens (including phenoxy) is 1. The Kier molecular flexibility index (Phi) is 6.14. The van der Waals surface area contributed by atoms with E-state index in [0.717, 1.165) is 35.5 Å². The SMILES string of the molecule is CC(C)CN1CCC(N2CC[C@@H](Oc3ccc4cccnc4c3)[C@H](O)C2)CC1. The van der Waals surface area contributed by atoms with E-state index in [1.54, 1.807) is 6.20 Å². The van der Waals surface area contributed by atoms with Gasteiger partial charge in [0.15, 0.2) is 0 Å². The highest BCUT2D eigenvalue weighted by Gasteiger charge is 2.34. The van der Waals surface area contributed by atoms with Crippen LogP contribution in [0.15, 0.2) is 36.5 Å². The van der Waals surface area contributed by atoms with Gasteiger partial charge in [-0.1, -0.05) is 19.9 Å². The molecule has 1 aromatic heterocycles. The summed E-state index contributed by atoms with van der Waals surface area (Å²) in [6.07, 6.45) is 4.50. The molecule has 1 N–H and O–H groups in total. The highest BCUT2D eigenvalue weighted by Crippen LogP contribution is 2.26. The van der Waals surface area contributed by atoms with Crippen molar-refractivity contribution < 1.29 is 9.84 Å². The number of benzene rings is 1. The third-order valence-electron chi connectivity index (χ3n) is 6.11. The van der Waals surface area contributed by atoms with Gasteiger partial charge in [0.1, 0.15) is 18.0 Å². The lowest BCUT2D eigenvalue weighted by Crippen LogP contribution is -2.54. The predicted molar refractivity (Wildman–Crippen MR) is 113 cm³/mol. The number of nitrogens with zero attached hydrogens (tertiary/aromatic N) is 3. The fourth-order valence-corrected chi connectivity index (χ4v) is 4.68. The van der Waals surface area contributed by atoms with Crippen LogP contribution in [-0.2, 0) is 0 Å². The molecule has 1 aromatic carbocycles. The summed E-state index contributed by atoms with van der Waals surface area (Å²) < 4.78 is 6.15. The van der Waals surface area contributed by atoms with E-state index in [1.807, 2.05) is 30.3 Å². The average Bonchev–Trinajstić information content (AvgIpc) is 2.69. The third kappa shape index (κ3) is 4.65. The maximum atomic E-state index is 10.7. The van der Waals surface area contributed by atoms with Crippen molar-refractivity contribution >= 4 is 10.9 Å². The molecule has 0 radical (unpaired) electrons. The van der Waals surface area contributed by atoms with Gasteiger partial charge in [0.25, 0.3) is 0 Å². The number of β-amino-alcohol motifs (C(OH)–C–C–N with tert-alkyl or cyclic N) is 1. The van der Waals surface area contributed by atoms with Gasteiger partial charge in [0, 0.05) is 43.3 Å². The number of rotatable bonds is 5. The molecule has 28 heavy (non-hydrogen) atoms. The van der Waals surface area contributed by atoms with Crippen LogP contribution in [0.5, 0.6) is 5.75 Å². The van der Waals surface area contributed by atoms with E-state index < -0.39 is 6.10 Å². The van der Waals surface area contributed by atoms with E-state index >= 15 is 0 Å². The van der Waals surface area contributed by atoms with Crippen LogP contribution in [0.2, 0.25) is 0 Å². The van der Waals surface area contributed by atoms with E-state index in [4.69, 9.17) is 4.74 Å². The van der Waals surface area contributed by atoms with Gasteiger partial charge in [-0.25, -0.2) is 0 Å².